The van der Waals surface area contributed by atoms with Crippen LogP contribution in [0.5, 0.6) is 0 Å². The van der Waals surface area contributed by atoms with E-state index in [4.69, 9.17) is 4.74 Å². The number of nitrogens with zero attached hydrogens (tertiary/aromatic N) is 4. The molecular weight excluding hydrogens is 273 g/mol. The lowest BCUT2D eigenvalue weighted by Gasteiger charge is -2.16. The van der Waals surface area contributed by atoms with Gasteiger partial charge in [-0.15, -0.1) is 10.2 Å². The van der Waals surface area contributed by atoms with Crippen molar-refractivity contribution in [3.05, 3.63) is 41.5 Å². The Labute approximate surface area is 123 Å². The summed E-state index contributed by atoms with van der Waals surface area (Å²) >= 11 is 0. The number of tetrazole rings is 1. The molecule has 0 saturated carbocycles. The van der Waals surface area contributed by atoms with Gasteiger partial charge in [-0.1, -0.05) is 12.1 Å². The fourth-order valence-electron chi connectivity index (χ4n) is 2.14. The minimum Gasteiger partial charge on any atom is -0.383 e. The molecule has 1 aromatic heterocycles. The van der Waals surface area contributed by atoms with E-state index in [1.165, 1.54) is 10.9 Å². The van der Waals surface area contributed by atoms with Crippen LogP contribution in [0.15, 0.2) is 24.3 Å². The molecule has 1 unspecified atom stereocenters. The lowest BCUT2D eigenvalue weighted by Crippen LogP contribution is -2.26. The number of aromatic nitrogens is 4. The standard InChI is InChI=1S/C14H20FN5O/c1-20-18-14(17-19-20)9-12(10-16-6-7-21-2)11-4-3-5-13(15)8-11/h3-5,8,12,16H,6-7,9-10H2,1-2H3. The summed E-state index contributed by atoms with van der Waals surface area (Å²) in [4.78, 5) is 1.43. The average Bonchev–Trinajstić information content (AvgIpc) is 2.87. The summed E-state index contributed by atoms with van der Waals surface area (Å²) in [7, 11) is 3.39. The number of hydrogen-bond donors (Lipinski definition) is 1. The van der Waals surface area contributed by atoms with Crippen LogP contribution in [-0.4, -0.2) is 47.0 Å². The number of hydrogen-bond acceptors (Lipinski definition) is 5. The SMILES string of the molecule is COCCNCC(Cc1nnn(C)n1)c1cccc(F)c1. The number of aryl methyl sites for hydroxylation is 1. The molecule has 2 rings (SSSR count). The molecule has 0 saturated heterocycles. The zero-order valence-electron chi connectivity index (χ0n) is 12.3. The predicted molar refractivity (Wildman–Crippen MR) is 76.4 cm³/mol. The predicted octanol–water partition coefficient (Wildman–Crippen LogP) is 0.911. The molecule has 114 valence electrons. The molecule has 2 aromatic rings. The summed E-state index contributed by atoms with van der Waals surface area (Å²) in [5, 5.41) is 15.3. The molecule has 0 fully saturated rings. The molecule has 1 aromatic carbocycles. The van der Waals surface area contributed by atoms with Crippen LogP contribution in [0.25, 0.3) is 0 Å². The van der Waals surface area contributed by atoms with Gasteiger partial charge < -0.3 is 10.1 Å². The second-order valence-corrected chi connectivity index (χ2v) is 4.85. The monoisotopic (exact) mass is 293 g/mol. The smallest absolute Gasteiger partial charge is 0.175 e. The zero-order valence-corrected chi connectivity index (χ0v) is 12.3. The van der Waals surface area contributed by atoms with Crippen LogP contribution in [0.4, 0.5) is 4.39 Å². The molecule has 0 aliphatic carbocycles. The molecule has 0 aliphatic heterocycles. The summed E-state index contributed by atoms with van der Waals surface area (Å²) in [6.45, 7) is 2.08. The van der Waals surface area contributed by atoms with Crippen LogP contribution in [0, 0.1) is 5.82 Å². The van der Waals surface area contributed by atoms with Crippen LogP contribution in [0.3, 0.4) is 0 Å². The van der Waals surface area contributed by atoms with Crippen molar-refractivity contribution >= 4 is 0 Å². The number of nitrogens with one attached hydrogen (secondary N) is 1. The molecule has 1 atom stereocenters. The molecule has 0 bridgehead atoms. The fraction of sp³-hybridized carbons (Fsp3) is 0.500. The highest BCUT2D eigenvalue weighted by Crippen LogP contribution is 2.19. The molecule has 6 nitrogen and oxygen atoms in total. The summed E-state index contributed by atoms with van der Waals surface area (Å²) in [6, 6.07) is 6.64. The van der Waals surface area contributed by atoms with Gasteiger partial charge in [0.2, 0.25) is 0 Å². The lowest BCUT2D eigenvalue weighted by atomic mass is 9.95. The van der Waals surface area contributed by atoms with Crippen LogP contribution >= 0.6 is 0 Å². The highest BCUT2D eigenvalue weighted by molar-refractivity contribution is 5.22. The van der Waals surface area contributed by atoms with Gasteiger partial charge in [0.15, 0.2) is 5.82 Å². The van der Waals surface area contributed by atoms with E-state index in [0.717, 1.165) is 12.1 Å². The van der Waals surface area contributed by atoms with E-state index < -0.39 is 0 Å². The van der Waals surface area contributed by atoms with Crippen molar-refractivity contribution in [1.82, 2.24) is 25.5 Å². The molecule has 0 spiro atoms. The molecule has 0 aliphatic rings. The third-order valence-corrected chi connectivity index (χ3v) is 3.17. The van der Waals surface area contributed by atoms with Gasteiger partial charge in [-0.3, -0.25) is 0 Å². The Balaban J connectivity index is 2.06. The first-order valence-electron chi connectivity index (χ1n) is 6.87. The van der Waals surface area contributed by atoms with E-state index in [9.17, 15) is 4.39 Å². The number of rotatable bonds is 8. The van der Waals surface area contributed by atoms with Crippen molar-refractivity contribution in [2.75, 3.05) is 26.8 Å². The first kappa shape index (κ1) is 15.5. The summed E-state index contributed by atoms with van der Waals surface area (Å²) in [5.41, 5.74) is 0.923. The minimum absolute atomic E-state index is 0.0850. The van der Waals surface area contributed by atoms with Gasteiger partial charge in [-0.2, -0.15) is 4.80 Å². The quantitative estimate of drug-likeness (QED) is 0.733. The highest BCUT2D eigenvalue weighted by Gasteiger charge is 2.15. The molecule has 0 radical (unpaired) electrons. The summed E-state index contributed by atoms with van der Waals surface area (Å²) in [6.07, 6.45) is 0.608. The maximum Gasteiger partial charge on any atom is 0.175 e. The number of methoxy groups -OCH3 is 1. The first-order valence-corrected chi connectivity index (χ1v) is 6.87. The van der Waals surface area contributed by atoms with Gasteiger partial charge in [0, 0.05) is 32.5 Å². The van der Waals surface area contributed by atoms with Crippen LogP contribution in [-0.2, 0) is 18.2 Å². The number of halogens is 1. The van der Waals surface area contributed by atoms with Gasteiger partial charge in [-0.05, 0) is 22.9 Å². The third-order valence-electron chi connectivity index (χ3n) is 3.17. The number of ether oxygens (including phenoxy) is 1. The van der Waals surface area contributed by atoms with E-state index in [1.54, 1.807) is 26.3 Å². The Hall–Kier alpha value is -1.86. The van der Waals surface area contributed by atoms with Crippen LogP contribution in [0.1, 0.15) is 17.3 Å². The first-order chi connectivity index (χ1) is 10.2. The van der Waals surface area contributed by atoms with E-state index in [0.29, 0.717) is 25.4 Å². The van der Waals surface area contributed by atoms with Gasteiger partial charge in [-0.25, -0.2) is 4.39 Å². The van der Waals surface area contributed by atoms with E-state index >= 15 is 0 Å². The van der Waals surface area contributed by atoms with Crippen LogP contribution < -0.4 is 5.32 Å². The minimum atomic E-state index is -0.235. The third kappa shape index (κ3) is 4.87. The molecule has 1 heterocycles. The average molecular weight is 293 g/mol. The maximum atomic E-state index is 13.4. The Bertz CT molecular complexity index is 560. The molecule has 1 N–H and O–H groups in total. The Morgan fingerprint density at radius 2 is 2.29 bits per heavy atom. The van der Waals surface area contributed by atoms with Crippen molar-refractivity contribution in [2.24, 2.45) is 7.05 Å². The topological polar surface area (TPSA) is 64.9 Å². The van der Waals surface area contributed by atoms with Gasteiger partial charge >= 0.3 is 0 Å². The lowest BCUT2D eigenvalue weighted by molar-refractivity contribution is 0.199. The highest BCUT2D eigenvalue weighted by atomic mass is 19.1. The normalized spacial score (nSPS) is 12.5. The Kier molecular flexibility index (Phi) is 5.77. The molecular formula is C14H20FN5O. The fourth-order valence-corrected chi connectivity index (χ4v) is 2.14. The molecule has 21 heavy (non-hydrogen) atoms. The summed E-state index contributed by atoms with van der Waals surface area (Å²) < 4.78 is 18.4. The van der Waals surface area contributed by atoms with E-state index in [1.807, 2.05) is 6.07 Å². The Morgan fingerprint density at radius 1 is 1.43 bits per heavy atom. The van der Waals surface area contributed by atoms with E-state index in [2.05, 4.69) is 20.7 Å². The molecule has 7 heteroatoms. The largest absolute Gasteiger partial charge is 0.383 e. The number of benzene rings is 1. The second-order valence-electron chi connectivity index (χ2n) is 4.85. The zero-order chi connectivity index (χ0) is 15.1. The van der Waals surface area contributed by atoms with Crippen molar-refractivity contribution in [1.29, 1.82) is 0 Å². The van der Waals surface area contributed by atoms with Crippen molar-refractivity contribution in [3.8, 4) is 0 Å². The van der Waals surface area contributed by atoms with E-state index in [-0.39, 0.29) is 11.7 Å². The van der Waals surface area contributed by atoms with Gasteiger partial charge in [0.1, 0.15) is 5.82 Å². The van der Waals surface area contributed by atoms with Gasteiger partial charge in [0.25, 0.3) is 0 Å². The van der Waals surface area contributed by atoms with Crippen molar-refractivity contribution in [3.63, 3.8) is 0 Å². The van der Waals surface area contributed by atoms with Gasteiger partial charge in [0.05, 0.1) is 13.7 Å². The second kappa shape index (κ2) is 7.80. The molecule has 0 amide bonds. The van der Waals surface area contributed by atoms with Crippen molar-refractivity contribution < 1.29 is 9.13 Å². The Morgan fingerprint density at radius 3 is 2.95 bits per heavy atom. The summed E-state index contributed by atoms with van der Waals surface area (Å²) in [5.74, 6) is 0.503. The maximum absolute atomic E-state index is 13.4. The van der Waals surface area contributed by atoms with Crippen molar-refractivity contribution in [2.45, 2.75) is 12.3 Å². The van der Waals surface area contributed by atoms with Crippen LogP contribution in [0.2, 0.25) is 0 Å².